The first-order chi connectivity index (χ1) is 9.67. The molecular weight excluding hydrogens is 248 g/mol. The Bertz CT molecular complexity index is 458. The number of nitrogens with zero attached hydrogens (tertiary/aromatic N) is 3. The first-order valence-electron chi connectivity index (χ1n) is 7.03. The van der Waals surface area contributed by atoms with E-state index in [1.807, 2.05) is 37.7 Å². The van der Waals surface area contributed by atoms with E-state index in [2.05, 4.69) is 35.1 Å². The molecule has 0 saturated carbocycles. The fourth-order valence-electron chi connectivity index (χ4n) is 2.36. The van der Waals surface area contributed by atoms with Crippen molar-refractivity contribution < 1.29 is 0 Å². The summed E-state index contributed by atoms with van der Waals surface area (Å²) >= 11 is 0. The average Bonchev–Trinajstić information content (AvgIpc) is 2.48. The summed E-state index contributed by atoms with van der Waals surface area (Å²) in [6.45, 7) is 5.28. The highest BCUT2D eigenvalue weighted by molar-refractivity contribution is 5.56. The zero-order valence-electron chi connectivity index (χ0n) is 12.8. The molecule has 4 nitrogen and oxygen atoms in total. The molecule has 0 heterocycles. The maximum atomic E-state index is 8.91. The van der Waals surface area contributed by atoms with Gasteiger partial charge >= 0.3 is 0 Å². The minimum absolute atomic E-state index is 0.205. The molecule has 0 aliphatic rings. The number of hydrogen-bond acceptors (Lipinski definition) is 3. The molecule has 1 N–H and O–H groups in total. The third-order valence-electron chi connectivity index (χ3n) is 3.41. The summed E-state index contributed by atoms with van der Waals surface area (Å²) < 4.78 is 0. The van der Waals surface area contributed by atoms with Gasteiger partial charge in [-0.05, 0) is 38.1 Å². The molecule has 4 heteroatoms. The van der Waals surface area contributed by atoms with Gasteiger partial charge in [0, 0.05) is 19.6 Å². The van der Waals surface area contributed by atoms with Gasteiger partial charge in [0.25, 0.3) is 0 Å². The Hall–Kier alpha value is -1.86. The van der Waals surface area contributed by atoms with Crippen LogP contribution in [0.4, 0.5) is 0 Å². The van der Waals surface area contributed by atoms with Crippen LogP contribution < -0.4 is 5.32 Å². The van der Waals surface area contributed by atoms with Crippen LogP contribution in [-0.2, 0) is 0 Å². The van der Waals surface area contributed by atoms with E-state index >= 15 is 0 Å². The lowest BCUT2D eigenvalue weighted by molar-refractivity contribution is 0.270. The highest BCUT2D eigenvalue weighted by Crippen LogP contribution is 2.24. The first-order valence-corrected chi connectivity index (χ1v) is 7.03. The molecule has 0 aromatic heterocycles. The number of nitrogens with one attached hydrogen (secondary N) is 1. The minimum atomic E-state index is 0.205. The summed E-state index contributed by atoms with van der Waals surface area (Å²) in [6.07, 6.45) is 2.97. The second-order valence-corrected chi connectivity index (χ2v) is 4.87. The number of aliphatic imine (C=N–C) groups is 1. The zero-order chi connectivity index (χ0) is 15.0. The van der Waals surface area contributed by atoms with Gasteiger partial charge in [-0.3, -0.25) is 4.99 Å². The Morgan fingerprint density at radius 1 is 1.40 bits per heavy atom. The number of nitriles is 1. The van der Waals surface area contributed by atoms with Crippen LogP contribution in [0.15, 0.2) is 29.3 Å². The largest absolute Gasteiger partial charge is 0.354 e. The Balaban J connectivity index is 3.12. The van der Waals surface area contributed by atoms with Crippen LogP contribution in [0.5, 0.6) is 0 Å². The first kappa shape index (κ1) is 16.2. The van der Waals surface area contributed by atoms with E-state index in [4.69, 9.17) is 5.26 Å². The van der Waals surface area contributed by atoms with E-state index < -0.39 is 0 Å². The van der Waals surface area contributed by atoms with Crippen molar-refractivity contribution in [3.8, 4) is 6.07 Å². The highest BCUT2D eigenvalue weighted by atomic mass is 15.2. The summed E-state index contributed by atoms with van der Waals surface area (Å²) in [5, 5.41) is 12.2. The molecule has 2 atom stereocenters. The fourth-order valence-corrected chi connectivity index (χ4v) is 2.36. The van der Waals surface area contributed by atoms with Gasteiger partial charge < -0.3 is 10.2 Å². The Kier molecular flexibility index (Phi) is 6.75. The SMILES string of the molecule is CCCN(C=NC)C(c1ccc(C#N)cc1)C(C)NC. The molecule has 0 radical (unpaired) electrons. The van der Waals surface area contributed by atoms with Gasteiger partial charge in [0.2, 0.25) is 0 Å². The normalized spacial score (nSPS) is 13.9. The Labute approximate surface area is 122 Å². The van der Waals surface area contributed by atoms with Crippen LogP contribution >= 0.6 is 0 Å². The second kappa shape index (κ2) is 8.34. The number of rotatable bonds is 7. The van der Waals surface area contributed by atoms with E-state index in [0.29, 0.717) is 5.56 Å². The van der Waals surface area contributed by atoms with Crippen molar-refractivity contribution >= 4 is 6.34 Å². The molecule has 0 saturated heterocycles. The van der Waals surface area contributed by atoms with Gasteiger partial charge in [-0.15, -0.1) is 0 Å². The molecule has 20 heavy (non-hydrogen) atoms. The molecule has 0 aliphatic heterocycles. The van der Waals surface area contributed by atoms with Crippen LogP contribution in [0.2, 0.25) is 0 Å². The zero-order valence-corrected chi connectivity index (χ0v) is 12.8. The van der Waals surface area contributed by atoms with Crippen LogP contribution in [-0.4, -0.2) is 37.9 Å². The van der Waals surface area contributed by atoms with Crippen LogP contribution in [0.1, 0.15) is 37.4 Å². The van der Waals surface area contributed by atoms with E-state index in [9.17, 15) is 0 Å². The predicted octanol–water partition coefficient (Wildman–Crippen LogP) is 2.58. The molecule has 1 aromatic carbocycles. The lowest BCUT2D eigenvalue weighted by Gasteiger charge is -2.34. The summed E-state index contributed by atoms with van der Waals surface area (Å²) in [5.74, 6) is 0. The second-order valence-electron chi connectivity index (χ2n) is 4.87. The van der Waals surface area contributed by atoms with E-state index in [1.54, 1.807) is 7.05 Å². The molecule has 108 valence electrons. The predicted molar refractivity (Wildman–Crippen MR) is 83.8 cm³/mol. The summed E-state index contributed by atoms with van der Waals surface area (Å²) in [6, 6.07) is 10.5. The third kappa shape index (κ3) is 4.07. The van der Waals surface area contributed by atoms with Crippen molar-refractivity contribution in [1.29, 1.82) is 5.26 Å². The average molecular weight is 272 g/mol. The molecule has 1 rings (SSSR count). The van der Waals surface area contributed by atoms with Gasteiger partial charge in [0.15, 0.2) is 0 Å². The molecule has 0 aliphatic carbocycles. The number of likely N-dealkylation sites (N-methyl/N-ethyl adjacent to an activating group) is 1. The lowest BCUT2D eigenvalue weighted by Crippen LogP contribution is -2.41. The van der Waals surface area contributed by atoms with Crippen LogP contribution in [0, 0.1) is 11.3 Å². The van der Waals surface area contributed by atoms with Gasteiger partial charge in [0.1, 0.15) is 0 Å². The Morgan fingerprint density at radius 3 is 2.50 bits per heavy atom. The smallest absolute Gasteiger partial charge is 0.0991 e. The number of benzene rings is 1. The quantitative estimate of drug-likeness (QED) is 0.613. The summed E-state index contributed by atoms with van der Waals surface area (Å²) in [7, 11) is 3.76. The van der Waals surface area contributed by atoms with Gasteiger partial charge in [-0.25, -0.2) is 0 Å². The lowest BCUT2D eigenvalue weighted by atomic mass is 9.97. The monoisotopic (exact) mass is 272 g/mol. The van der Waals surface area contributed by atoms with Crippen molar-refractivity contribution in [3.05, 3.63) is 35.4 Å². The maximum Gasteiger partial charge on any atom is 0.0991 e. The van der Waals surface area contributed by atoms with Crippen LogP contribution in [0.25, 0.3) is 0 Å². The molecule has 0 fully saturated rings. The standard InChI is InChI=1S/C16H24N4/c1-5-10-20(12-18-3)16(13(2)19-4)15-8-6-14(11-17)7-9-15/h6-9,12-13,16,19H,5,10H2,1-4H3. The van der Waals surface area contributed by atoms with Crippen molar-refractivity contribution in [2.75, 3.05) is 20.6 Å². The summed E-state index contributed by atoms with van der Waals surface area (Å²) in [4.78, 5) is 6.42. The minimum Gasteiger partial charge on any atom is -0.354 e. The van der Waals surface area contributed by atoms with Crippen molar-refractivity contribution in [3.63, 3.8) is 0 Å². The molecule has 0 amide bonds. The van der Waals surface area contributed by atoms with Gasteiger partial charge in [0.05, 0.1) is 24.0 Å². The molecular formula is C16H24N4. The number of hydrogen-bond donors (Lipinski definition) is 1. The van der Waals surface area contributed by atoms with E-state index in [1.165, 1.54) is 5.56 Å². The summed E-state index contributed by atoms with van der Waals surface area (Å²) in [5.41, 5.74) is 1.88. The Morgan fingerprint density at radius 2 is 2.05 bits per heavy atom. The van der Waals surface area contributed by atoms with E-state index in [0.717, 1.165) is 13.0 Å². The topological polar surface area (TPSA) is 51.4 Å². The fraction of sp³-hybridized carbons (Fsp3) is 0.500. The van der Waals surface area contributed by atoms with Gasteiger partial charge in [-0.1, -0.05) is 19.1 Å². The van der Waals surface area contributed by atoms with Crippen molar-refractivity contribution in [1.82, 2.24) is 10.2 Å². The highest BCUT2D eigenvalue weighted by Gasteiger charge is 2.23. The maximum absolute atomic E-state index is 8.91. The van der Waals surface area contributed by atoms with E-state index in [-0.39, 0.29) is 12.1 Å². The third-order valence-corrected chi connectivity index (χ3v) is 3.41. The van der Waals surface area contributed by atoms with Crippen molar-refractivity contribution in [2.45, 2.75) is 32.4 Å². The molecule has 0 spiro atoms. The molecule has 0 bridgehead atoms. The van der Waals surface area contributed by atoms with Crippen LogP contribution in [0.3, 0.4) is 0 Å². The van der Waals surface area contributed by atoms with Gasteiger partial charge in [-0.2, -0.15) is 5.26 Å². The molecule has 2 unspecified atom stereocenters. The van der Waals surface area contributed by atoms with Crippen molar-refractivity contribution in [2.24, 2.45) is 4.99 Å². The molecule has 1 aromatic rings.